The Labute approximate surface area is 233 Å². The third-order valence-corrected chi connectivity index (χ3v) is 8.77. The number of fused-ring (bicyclic) bond motifs is 6. The van der Waals surface area contributed by atoms with Crippen LogP contribution in [-0.4, -0.2) is 55.8 Å². The molecule has 2 heterocycles. The van der Waals surface area contributed by atoms with Crippen molar-refractivity contribution >= 4 is 22.6 Å². The molecule has 2 unspecified atom stereocenters. The smallest absolute Gasteiger partial charge is 0.410 e. The molecule has 1 aliphatic carbocycles. The number of hydrogen-bond acceptors (Lipinski definition) is 5. The molecule has 2 fully saturated rings. The normalized spacial score (nSPS) is 21.5. The predicted octanol–water partition coefficient (Wildman–Crippen LogP) is 6.46. The molecule has 6 nitrogen and oxygen atoms in total. The molecule has 4 aromatic rings. The summed E-state index contributed by atoms with van der Waals surface area (Å²) < 4.78 is 17.2. The van der Waals surface area contributed by atoms with Gasteiger partial charge in [0, 0.05) is 17.4 Å². The fourth-order valence-electron chi connectivity index (χ4n) is 6.84. The number of amides is 1. The second kappa shape index (κ2) is 10.1. The van der Waals surface area contributed by atoms with E-state index in [1.54, 1.807) is 7.11 Å². The van der Waals surface area contributed by atoms with Crippen LogP contribution in [0.3, 0.4) is 0 Å². The van der Waals surface area contributed by atoms with Gasteiger partial charge in [0.25, 0.3) is 0 Å². The highest BCUT2D eigenvalue weighted by Gasteiger charge is 2.45. The van der Waals surface area contributed by atoms with Crippen LogP contribution in [0.4, 0.5) is 4.79 Å². The predicted molar refractivity (Wildman–Crippen MR) is 153 cm³/mol. The first-order valence-electron chi connectivity index (χ1n) is 13.9. The van der Waals surface area contributed by atoms with Crippen LogP contribution in [0.25, 0.3) is 21.9 Å². The number of methoxy groups -OCH3 is 1. The molecule has 4 aromatic carbocycles. The van der Waals surface area contributed by atoms with Gasteiger partial charge in [-0.05, 0) is 64.1 Å². The summed E-state index contributed by atoms with van der Waals surface area (Å²) in [5.41, 5.74) is 5.50. The Kier molecular flexibility index (Phi) is 6.28. The van der Waals surface area contributed by atoms with Crippen LogP contribution >= 0.6 is 0 Å². The number of nitrogens with zero attached hydrogens (tertiary/aromatic N) is 1. The average Bonchev–Trinajstić information content (AvgIpc) is 3.31. The second-order valence-electron chi connectivity index (χ2n) is 11.0. The number of ketones is 1. The molecule has 0 aromatic heterocycles. The van der Waals surface area contributed by atoms with Crippen LogP contribution in [0, 0.1) is 5.92 Å². The average molecular weight is 534 g/mol. The van der Waals surface area contributed by atoms with Crippen molar-refractivity contribution in [3.8, 4) is 16.9 Å². The number of hydrogen-bond donors (Lipinski definition) is 0. The minimum atomic E-state index is -0.314. The van der Waals surface area contributed by atoms with Crippen molar-refractivity contribution < 1.29 is 23.8 Å². The molecular weight excluding hydrogens is 502 g/mol. The van der Waals surface area contributed by atoms with E-state index in [-0.39, 0.29) is 42.4 Å². The van der Waals surface area contributed by atoms with E-state index in [0.717, 1.165) is 16.5 Å². The minimum Gasteiger partial charge on any atom is -0.497 e. The summed E-state index contributed by atoms with van der Waals surface area (Å²) in [4.78, 5) is 28.9. The maximum atomic E-state index is 13.6. The molecule has 0 saturated carbocycles. The molecule has 0 radical (unpaired) electrons. The third-order valence-electron chi connectivity index (χ3n) is 8.77. The highest BCUT2D eigenvalue weighted by atomic mass is 16.6. The molecule has 0 spiro atoms. The number of rotatable bonds is 5. The van der Waals surface area contributed by atoms with Crippen LogP contribution in [0.5, 0.6) is 5.75 Å². The monoisotopic (exact) mass is 533 g/mol. The van der Waals surface area contributed by atoms with Gasteiger partial charge in [-0.3, -0.25) is 9.69 Å². The topological polar surface area (TPSA) is 65.1 Å². The maximum absolute atomic E-state index is 13.6. The molecule has 2 saturated heterocycles. The SMILES string of the molecule is COc1ccc2cc(C(=O)C3CC4COCC(C3)N4C(=O)OCC3c4ccccc4-c4ccccc43)ccc2c1. The zero-order valence-electron chi connectivity index (χ0n) is 22.4. The molecule has 6 heteroatoms. The lowest BCUT2D eigenvalue weighted by Crippen LogP contribution is -2.60. The van der Waals surface area contributed by atoms with Gasteiger partial charge in [-0.1, -0.05) is 66.7 Å². The van der Waals surface area contributed by atoms with E-state index >= 15 is 0 Å². The molecule has 2 bridgehead atoms. The lowest BCUT2D eigenvalue weighted by atomic mass is 9.80. The molecule has 0 N–H and O–H groups in total. The van der Waals surface area contributed by atoms with Crippen LogP contribution < -0.4 is 4.74 Å². The van der Waals surface area contributed by atoms with Gasteiger partial charge in [0.2, 0.25) is 0 Å². The summed E-state index contributed by atoms with van der Waals surface area (Å²) in [6, 6.07) is 28.0. The van der Waals surface area contributed by atoms with Crippen molar-refractivity contribution in [1.29, 1.82) is 0 Å². The first-order chi connectivity index (χ1) is 19.6. The molecule has 3 aliphatic rings. The van der Waals surface area contributed by atoms with Gasteiger partial charge in [-0.2, -0.15) is 0 Å². The highest BCUT2D eigenvalue weighted by Crippen LogP contribution is 2.45. The van der Waals surface area contributed by atoms with Gasteiger partial charge in [0.1, 0.15) is 12.4 Å². The Morgan fingerprint density at radius 1 is 0.825 bits per heavy atom. The molecule has 40 heavy (non-hydrogen) atoms. The first kappa shape index (κ1) is 24.9. The Balaban J connectivity index is 1.06. The van der Waals surface area contributed by atoms with E-state index in [1.165, 1.54) is 22.3 Å². The fourth-order valence-corrected chi connectivity index (χ4v) is 6.84. The van der Waals surface area contributed by atoms with Gasteiger partial charge in [0.15, 0.2) is 5.78 Å². The molecule has 2 atom stereocenters. The number of carbonyl (C=O) groups excluding carboxylic acids is 2. The van der Waals surface area contributed by atoms with E-state index < -0.39 is 0 Å². The fraction of sp³-hybridized carbons (Fsp3) is 0.294. The second-order valence-corrected chi connectivity index (χ2v) is 11.0. The standard InChI is InChI=1S/C34H31NO5/c1-38-27-13-12-21-14-23(11-10-22(21)17-27)33(36)24-15-25-18-39-19-26(16-24)35(25)34(37)40-20-32-30-8-4-2-6-28(30)29-7-3-5-9-31(29)32/h2-14,17,24-26,32H,15-16,18-20H2,1H3. The Morgan fingerprint density at radius 3 is 2.12 bits per heavy atom. The minimum absolute atomic E-state index is 0.0134. The number of carbonyl (C=O) groups is 2. The number of benzene rings is 4. The van der Waals surface area contributed by atoms with E-state index in [4.69, 9.17) is 14.2 Å². The van der Waals surface area contributed by atoms with Gasteiger partial charge in [0.05, 0.1) is 32.4 Å². The van der Waals surface area contributed by atoms with Crippen molar-refractivity contribution in [2.45, 2.75) is 30.8 Å². The number of Topliss-reactive ketones (excluding diaryl/α,β-unsaturated/α-hetero) is 1. The van der Waals surface area contributed by atoms with Crippen molar-refractivity contribution in [3.63, 3.8) is 0 Å². The van der Waals surface area contributed by atoms with E-state index in [9.17, 15) is 9.59 Å². The summed E-state index contributed by atoms with van der Waals surface area (Å²) in [6.07, 6.45) is 0.825. The van der Waals surface area contributed by atoms with Gasteiger partial charge in [-0.25, -0.2) is 4.79 Å². The largest absolute Gasteiger partial charge is 0.497 e. The maximum Gasteiger partial charge on any atom is 0.410 e. The van der Waals surface area contributed by atoms with Crippen LogP contribution in [0.2, 0.25) is 0 Å². The Bertz CT molecular complexity index is 1550. The van der Waals surface area contributed by atoms with E-state index in [0.29, 0.717) is 31.6 Å². The molecule has 202 valence electrons. The van der Waals surface area contributed by atoms with Crippen LogP contribution in [0.15, 0.2) is 84.9 Å². The number of ether oxygens (including phenoxy) is 3. The lowest BCUT2D eigenvalue weighted by molar-refractivity contribution is -0.0747. The Morgan fingerprint density at radius 2 is 1.45 bits per heavy atom. The molecule has 2 aliphatic heterocycles. The van der Waals surface area contributed by atoms with Crippen LogP contribution in [0.1, 0.15) is 40.2 Å². The number of morpholine rings is 1. The molecule has 7 rings (SSSR count). The summed E-state index contributed by atoms with van der Waals surface area (Å²) in [5, 5.41) is 2.04. The highest BCUT2D eigenvalue weighted by molar-refractivity contribution is 6.01. The number of piperidine rings is 1. The van der Waals surface area contributed by atoms with E-state index in [1.807, 2.05) is 65.6 Å². The lowest BCUT2D eigenvalue weighted by Gasteiger charge is -2.47. The first-order valence-corrected chi connectivity index (χ1v) is 13.9. The van der Waals surface area contributed by atoms with Gasteiger partial charge < -0.3 is 14.2 Å². The van der Waals surface area contributed by atoms with Gasteiger partial charge in [-0.15, -0.1) is 0 Å². The summed E-state index contributed by atoms with van der Waals surface area (Å²) >= 11 is 0. The van der Waals surface area contributed by atoms with E-state index in [2.05, 4.69) is 24.3 Å². The van der Waals surface area contributed by atoms with Crippen molar-refractivity contribution in [1.82, 2.24) is 4.90 Å². The zero-order valence-corrected chi connectivity index (χ0v) is 22.4. The summed E-state index contributed by atoms with van der Waals surface area (Å²) in [7, 11) is 1.65. The summed E-state index contributed by atoms with van der Waals surface area (Å²) in [6.45, 7) is 1.12. The summed E-state index contributed by atoms with van der Waals surface area (Å²) in [5.74, 6) is 0.772. The molecule has 1 amide bonds. The van der Waals surface area contributed by atoms with Gasteiger partial charge >= 0.3 is 6.09 Å². The third kappa shape index (κ3) is 4.23. The van der Waals surface area contributed by atoms with Crippen molar-refractivity contribution in [3.05, 3.63) is 102 Å². The van der Waals surface area contributed by atoms with Crippen molar-refractivity contribution in [2.24, 2.45) is 5.92 Å². The van der Waals surface area contributed by atoms with Crippen LogP contribution in [-0.2, 0) is 9.47 Å². The quantitative estimate of drug-likeness (QED) is 0.276. The Hall–Kier alpha value is -4.16. The van der Waals surface area contributed by atoms with Crippen molar-refractivity contribution in [2.75, 3.05) is 26.9 Å². The molecular formula is C34H31NO5. The zero-order chi connectivity index (χ0) is 27.2.